The fourth-order valence-corrected chi connectivity index (χ4v) is 9.96. The first-order valence-electron chi connectivity index (χ1n) is 13.7. The van der Waals surface area contributed by atoms with E-state index in [1.807, 2.05) is 0 Å². The van der Waals surface area contributed by atoms with Crippen LogP contribution in [-0.4, -0.2) is 17.3 Å². The molecule has 33 heavy (non-hydrogen) atoms. The lowest BCUT2D eigenvalue weighted by atomic mass is 9.36. The number of carbonyl (C=O) groups excluding carboxylic acids is 3. The molecule has 0 radical (unpaired) electrons. The highest BCUT2D eigenvalue weighted by Crippen LogP contribution is 2.71. The molecule has 0 aromatic carbocycles. The van der Waals surface area contributed by atoms with Crippen LogP contribution in [0, 0.1) is 50.7 Å². The van der Waals surface area contributed by atoms with E-state index in [2.05, 4.69) is 55.4 Å². The predicted octanol–water partition coefficient (Wildman–Crippen LogP) is 7.21. The van der Waals surface area contributed by atoms with E-state index in [1.165, 1.54) is 0 Å². The summed E-state index contributed by atoms with van der Waals surface area (Å²) in [6, 6.07) is 0. The molecule has 0 spiro atoms. The normalized spacial score (nSPS) is 47.5. The van der Waals surface area contributed by atoms with Crippen molar-refractivity contribution in [2.45, 2.75) is 120 Å². The van der Waals surface area contributed by atoms with E-state index in [0.29, 0.717) is 60.3 Å². The number of Topliss-reactive ketones (excluding diaryl/α,β-unsaturated/α-hetero) is 3. The van der Waals surface area contributed by atoms with Crippen molar-refractivity contribution in [3.05, 3.63) is 0 Å². The standard InChI is InChI=1S/C30H48O3/c1-19(2)20-9-11-24(32)27(20,5)17-18-30(8)25(33)12-10-22-28(6)15-14-23(31)26(3,4)21(28)13-16-29(22,30)7/h19-22H,9-18H2,1-8H3/t20-,21+,22-,27-,28+,29-,30-/m1/s1. The quantitative estimate of drug-likeness (QED) is 0.449. The Kier molecular flexibility index (Phi) is 5.90. The summed E-state index contributed by atoms with van der Waals surface area (Å²) in [7, 11) is 0. The molecule has 3 heteroatoms. The molecule has 4 aliphatic carbocycles. The molecule has 0 unspecified atom stereocenters. The molecule has 0 saturated heterocycles. The zero-order chi connectivity index (χ0) is 24.6. The average molecular weight is 457 g/mol. The van der Waals surface area contributed by atoms with Crippen molar-refractivity contribution >= 4 is 17.3 Å². The molecule has 0 heterocycles. The summed E-state index contributed by atoms with van der Waals surface area (Å²) in [6.07, 6.45) is 8.70. The van der Waals surface area contributed by atoms with Crippen molar-refractivity contribution in [2.24, 2.45) is 50.7 Å². The topological polar surface area (TPSA) is 51.2 Å². The summed E-state index contributed by atoms with van der Waals surface area (Å²) in [5.74, 6) is 3.05. The van der Waals surface area contributed by atoms with Gasteiger partial charge in [-0.3, -0.25) is 14.4 Å². The molecule has 4 fully saturated rings. The summed E-state index contributed by atoms with van der Waals surface area (Å²) in [5.41, 5.74) is -0.889. The second-order valence-corrected chi connectivity index (χ2v) is 14.2. The van der Waals surface area contributed by atoms with E-state index in [-0.39, 0.29) is 27.1 Å². The third kappa shape index (κ3) is 3.29. The number of ketones is 3. The van der Waals surface area contributed by atoms with Crippen LogP contribution >= 0.6 is 0 Å². The Labute approximate surface area is 202 Å². The maximum Gasteiger partial charge on any atom is 0.139 e. The van der Waals surface area contributed by atoms with Crippen LogP contribution in [0.25, 0.3) is 0 Å². The van der Waals surface area contributed by atoms with E-state index in [1.54, 1.807) is 0 Å². The van der Waals surface area contributed by atoms with Gasteiger partial charge in [0.15, 0.2) is 0 Å². The van der Waals surface area contributed by atoms with Gasteiger partial charge in [-0.1, -0.05) is 55.4 Å². The highest BCUT2D eigenvalue weighted by molar-refractivity contribution is 5.89. The summed E-state index contributed by atoms with van der Waals surface area (Å²) < 4.78 is 0. The molecular weight excluding hydrogens is 408 g/mol. The largest absolute Gasteiger partial charge is 0.299 e. The van der Waals surface area contributed by atoms with Crippen molar-refractivity contribution in [3.8, 4) is 0 Å². The van der Waals surface area contributed by atoms with E-state index < -0.39 is 0 Å². The van der Waals surface area contributed by atoms with Gasteiger partial charge < -0.3 is 0 Å². The summed E-state index contributed by atoms with van der Waals surface area (Å²) in [6.45, 7) is 18.1. The molecule has 0 amide bonds. The number of hydrogen-bond acceptors (Lipinski definition) is 3. The Hall–Kier alpha value is -0.990. The minimum absolute atomic E-state index is 0.0601. The molecule has 186 valence electrons. The lowest BCUT2D eigenvalue weighted by Gasteiger charge is -2.67. The minimum Gasteiger partial charge on any atom is -0.299 e. The molecule has 0 aromatic rings. The smallest absolute Gasteiger partial charge is 0.139 e. The first-order chi connectivity index (χ1) is 15.1. The third-order valence-electron chi connectivity index (χ3n) is 12.4. The van der Waals surface area contributed by atoms with Crippen LogP contribution in [0.3, 0.4) is 0 Å². The van der Waals surface area contributed by atoms with Gasteiger partial charge in [0.05, 0.1) is 0 Å². The second-order valence-electron chi connectivity index (χ2n) is 14.2. The SMILES string of the molecule is CC(C)[C@H]1CCC(=O)[C@]1(C)CC[C@]1(C)C(=O)CC[C@@H]2[C@@]3(C)CCC(=O)C(C)(C)[C@@H]3CC[C@]21C. The van der Waals surface area contributed by atoms with E-state index in [0.717, 1.165) is 44.9 Å². The maximum absolute atomic E-state index is 13.7. The van der Waals surface area contributed by atoms with Gasteiger partial charge in [0, 0.05) is 35.5 Å². The van der Waals surface area contributed by atoms with Crippen LogP contribution in [0.1, 0.15) is 120 Å². The molecule has 4 saturated carbocycles. The Morgan fingerprint density at radius 3 is 2.00 bits per heavy atom. The van der Waals surface area contributed by atoms with Gasteiger partial charge >= 0.3 is 0 Å². The third-order valence-corrected chi connectivity index (χ3v) is 12.4. The van der Waals surface area contributed by atoms with Gasteiger partial charge in [-0.15, -0.1) is 0 Å². The van der Waals surface area contributed by atoms with Gasteiger partial charge in [-0.25, -0.2) is 0 Å². The Balaban J connectivity index is 1.67. The van der Waals surface area contributed by atoms with Crippen molar-refractivity contribution < 1.29 is 14.4 Å². The molecule has 0 aliphatic heterocycles. The zero-order valence-corrected chi connectivity index (χ0v) is 22.6. The number of fused-ring (bicyclic) bond motifs is 3. The lowest BCUT2D eigenvalue weighted by Crippen LogP contribution is -2.64. The van der Waals surface area contributed by atoms with Crippen LogP contribution in [0.4, 0.5) is 0 Å². The lowest BCUT2D eigenvalue weighted by molar-refractivity contribution is -0.195. The van der Waals surface area contributed by atoms with Crippen molar-refractivity contribution in [2.75, 3.05) is 0 Å². The number of rotatable bonds is 4. The average Bonchev–Trinajstić information content (AvgIpc) is 3.02. The highest BCUT2D eigenvalue weighted by atomic mass is 16.1. The number of hydrogen-bond donors (Lipinski definition) is 0. The first-order valence-corrected chi connectivity index (χ1v) is 13.7. The summed E-state index contributed by atoms with van der Waals surface area (Å²) >= 11 is 0. The fourth-order valence-electron chi connectivity index (χ4n) is 9.96. The summed E-state index contributed by atoms with van der Waals surface area (Å²) in [5, 5.41) is 0. The molecule has 3 nitrogen and oxygen atoms in total. The van der Waals surface area contributed by atoms with Crippen LogP contribution < -0.4 is 0 Å². The van der Waals surface area contributed by atoms with E-state index in [9.17, 15) is 14.4 Å². The predicted molar refractivity (Wildman–Crippen MR) is 133 cm³/mol. The van der Waals surface area contributed by atoms with Crippen LogP contribution in [0.5, 0.6) is 0 Å². The van der Waals surface area contributed by atoms with Crippen molar-refractivity contribution in [1.29, 1.82) is 0 Å². The Morgan fingerprint density at radius 2 is 1.36 bits per heavy atom. The monoisotopic (exact) mass is 456 g/mol. The Bertz CT molecular complexity index is 855. The van der Waals surface area contributed by atoms with Gasteiger partial charge in [-0.2, -0.15) is 0 Å². The van der Waals surface area contributed by atoms with Crippen LogP contribution in [0.2, 0.25) is 0 Å². The molecule has 0 N–H and O–H groups in total. The molecule has 4 aliphatic rings. The number of carbonyl (C=O) groups is 3. The molecule has 0 aromatic heterocycles. The van der Waals surface area contributed by atoms with Gasteiger partial charge in [0.25, 0.3) is 0 Å². The molecule has 0 bridgehead atoms. The van der Waals surface area contributed by atoms with Gasteiger partial charge in [0.2, 0.25) is 0 Å². The van der Waals surface area contributed by atoms with Crippen LogP contribution in [-0.2, 0) is 14.4 Å². The highest BCUT2D eigenvalue weighted by Gasteiger charge is 2.67. The van der Waals surface area contributed by atoms with Crippen LogP contribution in [0.15, 0.2) is 0 Å². The second kappa shape index (κ2) is 7.76. The van der Waals surface area contributed by atoms with Gasteiger partial charge in [-0.05, 0) is 79.4 Å². The first kappa shape index (κ1) is 25.1. The molecule has 4 rings (SSSR count). The molecular formula is C30H48O3. The minimum atomic E-state index is -0.386. The Morgan fingerprint density at radius 1 is 0.727 bits per heavy atom. The maximum atomic E-state index is 13.7. The van der Waals surface area contributed by atoms with E-state index >= 15 is 0 Å². The fraction of sp³-hybridized carbons (Fsp3) is 0.900. The summed E-state index contributed by atoms with van der Waals surface area (Å²) in [4.78, 5) is 39.6. The van der Waals surface area contributed by atoms with Crippen molar-refractivity contribution in [3.63, 3.8) is 0 Å². The zero-order valence-electron chi connectivity index (χ0n) is 22.6. The van der Waals surface area contributed by atoms with Crippen molar-refractivity contribution in [1.82, 2.24) is 0 Å². The van der Waals surface area contributed by atoms with Gasteiger partial charge in [0.1, 0.15) is 17.3 Å². The van der Waals surface area contributed by atoms with E-state index in [4.69, 9.17) is 0 Å². The molecule has 7 atom stereocenters.